The van der Waals surface area contributed by atoms with Crippen molar-refractivity contribution in [2.24, 2.45) is 0 Å². The number of hydrogen-bond acceptors (Lipinski definition) is 4. The Labute approximate surface area is 127 Å². The summed E-state index contributed by atoms with van der Waals surface area (Å²) in [5, 5.41) is 10.3. The van der Waals surface area contributed by atoms with Crippen LogP contribution in [0.25, 0.3) is 0 Å². The number of benzene rings is 1. The van der Waals surface area contributed by atoms with Gasteiger partial charge in [0.1, 0.15) is 5.25 Å². The normalized spacial score (nSPS) is 20.7. The topological polar surface area (TPSA) is 101 Å². The van der Waals surface area contributed by atoms with Crippen LogP contribution in [0.2, 0.25) is 5.02 Å². The summed E-state index contributed by atoms with van der Waals surface area (Å²) in [6, 6.07) is 4.16. The van der Waals surface area contributed by atoms with Crippen molar-refractivity contribution in [2.45, 2.75) is 24.5 Å². The van der Waals surface area contributed by atoms with Crippen LogP contribution in [0.15, 0.2) is 18.2 Å². The molecule has 1 saturated heterocycles. The molecule has 1 aliphatic rings. The van der Waals surface area contributed by atoms with Crippen LogP contribution in [0.1, 0.15) is 29.6 Å². The molecule has 0 aliphatic carbocycles. The predicted octanol–water partition coefficient (Wildman–Crippen LogP) is 1.94. The van der Waals surface area contributed by atoms with Gasteiger partial charge in [0.05, 0.1) is 22.0 Å². The van der Waals surface area contributed by atoms with Gasteiger partial charge in [-0.05, 0) is 25.0 Å². The maximum Gasteiger partial charge on any atom is 0.337 e. The van der Waals surface area contributed by atoms with Crippen LogP contribution >= 0.6 is 11.6 Å². The Morgan fingerprint density at radius 2 is 2.00 bits per heavy atom. The Kier molecular flexibility index (Phi) is 4.53. The van der Waals surface area contributed by atoms with Crippen molar-refractivity contribution >= 4 is 39.0 Å². The Hall–Kier alpha value is -1.60. The van der Waals surface area contributed by atoms with Crippen molar-refractivity contribution in [3.05, 3.63) is 28.8 Å². The van der Waals surface area contributed by atoms with Crippen LogP contribution in [0.5, 0.6) is 0 Å². The number of carboxylic acid groups (broad SMARTS) is 1. The molecule has 1 fully saturated rings. The molecule has 1 unspecified atom stereocenters. The zero-order valence-corrected chi connectivity index (χ0v) is 12.6. The fraction of sp³-hybridized carbons (Fsp3) is 0.385. The third-order valence-corrected chi connectivity index (χ3v) is 5.85. The highest BCUT2D eigenvalue weighted by molar-refractivity contribution is 7.92. The monoisotopic (exact) mass is 331 g/mol. The maximum atomic E-state index is 12.2. The SMILES string of the molecule is O=C(O)c1cccc(Cl)c1NC(=O)C1CCCCS1(=O)=O. The van der Waals surface area contributed by atoms with E-state index >= 15 is 0 Å². The lowest BCUT2D eigenvalue weighted by Gasteiger charge is -2.22. The number of halogens is 1. The van der Waals surface area contributed by atoms with E-state index in [-0.39, 0.29) is 28.4 Å². The molecule has 114 valence electrons. The number of carbonyl (C=O) groups is 2. The highest BCUT2D eigenvalue weighted by atomic mass is 35.5. The van der Waals surface area contributed by atoms with E-state index in [1.807, 2.05) is 0 Å². The number of hydrogen-bond donors (Lipinski definition) is 2. The summed E-state index contributed by atoms with van der Waals surface area (Å²) in [5.41, 5.74) is -0.249. The minimum atomic E-state index is -3.49. The molecule has 1 amide bonds. The maximum absolute atomic E-state index is 12.2. The Morgan fingerprint density at radius 1 is 1.29 bits per heavy atom. The van der Waals surface area contributed by atoms with Crippen molar-refractivity contribution in [3.63, 3.8) is 0 Å². The Morgan fingerprint density at radius 3 is 2.62 bits per heavy atom. The molecule has 1 aliphatic heterocycles. The number of anilines is 1. The second-order valence-electron chi connectivity index (χ2n) is 4.81. The fourth-order valence-electron chi connectivity index (χ4n) is 2.28. The van der Waals surface area contributed by atoms with E-state index in [4.69, 9.17) is 16.7 Å². The van der Waals surface area contributed by atoms with Gasteiger partial charge in [-0.15, -0.1) is 0 Å². The lowest BCUT2D eigenvalue weighted by molar-refractivity contribution is -0.116. The average molecular weight is 332 g/mol. The summed E-state index contributed by atoms with van der Waals surface area (Å²) in [6.45, 7) is 0. The molecule has 1 aromatic carbocycles. The van der Waals surface area contributed by atoms with Crippen LogP contribution in [-0.2, 0) is 14.6 Å². The first kappa shape index (κ1) is 15.8. The van der Waals surface area contributed by atoms with E-state index in [1.165, 1.54) is 18.2 Å². The van der Waals surface area contributed by atoms with Gasteiger partial charge in [-0.2, -0.15) is 0 Å². The molecular formula is C13H14ClNO5S. The molecule has 0 aromatic heterocycles. The first-order valence-corrected chi connectivity index (χ1v) is 8.46. The van der Waals surface area contributed by atoms with E-state index in [9.17, 15) is 18.0 Å². The van der Waals surface area contributed by atoms with Gasteiger partial charge < -0.3 is 10.4 Å². The van der Waals surface area contributed by atoms with Gasteiger partial charge >= 0.3 is 5.97 Å². The molecule has 1 atom stereocenters. The fourth-order valence-corrected chi connectivity index (χ4v) is 4.31. The molecule has 6 nitrogen and oxygen atoms in total. The number of sulfone groups is 1. The van der Waals surface area contributed by atoms with Gasteiger partial charge in [0.15, 0.2) is 9.84 Å². The second kappa shape index (κ2) is 6.03. The summed E-state index contributed by atoms with van der Waals surface area (Å²) in [5.74, 6) is -2.01. The summed E-state index contributed by atoms with van der Waals surface area (Å²) < 4.78 is 23.8. The summed E-state index contributed by atoms with van der Waals surface area (Å²) in [6.07, 6.45) is 1.42. The Balaban J connectivity index is 2.30. The largest absolute Gasteiger partial charge is 0.478 e. The Bertz CT molecular complexity index is 686. The molecule has 2 rings (SSSR count). The quantitative estimate of drug-likeness (QED) is 0.881. The highest BCUT2D eigenvalue weighted by Crippen LogP contribution is 2.28. The van der Waals surface area contributed by atoms with Crippen LogP contribution in [0.4, 0.5) is 5.69 Å². The van der Waals surface area contributed by atoms with Crippen molar-refractivity contribution in [2.75, 3.05) is 11.1 Å². The van der Waals surface area contributed by atoms with Crippen molar-refractivity contribution in [3.8, 4) is 0 Å². The summed E-state index contributed by atoms with van der Waals surface area (Å²) in [7, 11) is -3.49. The number of carboxylic acids is 1. The van der Waals surface area contributed by atoms with E-state index in [0.29, 0.717) is 12.8 Å². The van der Waals surface area contributed by atoms with E-state index in [1.54, 1.807) is 0 Å². The molecule has 0 saturated carbocycles. The average Bonchev–Trinajstić information content (AvgIpc) is 2.40. The number of para-hydroxylation sites is 1. The van der Waals surface area contributed by atoms with Gasteiger partial charge in [-0.1, -0.05) is 24.1 Å². The molecule has 2 N–H and O–H groups in total. The lowest BCUT2D eigenvalue weighted by atomic mass is 10.1. The molecule has 0 bridgehead atoms. The van der Waals surface area contributed by atoms with Gasteiger partial charge in [-0.25, -0.2) is 13.2 Å². The standard InChI is InChI=1S/C13H14ClNO5S/c14-9-5-3-4-8(13(17)18)11(9)15-12(16)10-6-1-2-7-21(10,19)20/h3-5,10H,1-2,6-7H2,(H,15,16)(H,17,18). The lowest BCUT2D eigenvalue weighted by Crippen LogP contribution is -2.39. The first-order valence-electron chi connectivity index (χ1n) is 6.37. The van der Waals surface area contributed by atoms with Crippen molar-refractivity contribution < 1.29 is 23.1 Å². The van der Waals surface area contributed by atoms with Crippen molar-refractivity contribution in [1.82, 2.24) is 0 Å². The number of carbonyl (C=O) groups excluding carboxylic acids is 1. The zero-order valence-electron chi connectivity index (χ0n) is 11.0. The number of nitrogens with one attached hydrogen (secondary N) is 1. The predicted molar refractivity (Wildman–Crippen MR) is 78.5 cm³/mol. The second-order valence-corrected chi connectivity index (χ2v) is 7.52. The minimum absolute atomic E-state index is 0.0284. The molecule has 1 aromatic rings. The van der Waals surface area contributed by atoms with Gasteiger partial charge in [-0.3, -0.25) is 4.79 Å². The molecule has 8 heteroatoms. The van der Waals surface area contributed by atoms with Crippen molar-refractivity contribution in [1.29, 1.82) is 0 Å². The zero-order chi connectivity index (χ0) is 15.6. The smallest absolute Gasteiger partial charge is 0.337 e. The van der Waals surface area contributed by atoms with Gasteiger partial charge in [0.25, 0.3) is 0 Å². The van der Waals surface area contributed by atoms with Crippen LogP contribution in [0.3, 0.4) is 0 Å². The first-order chi connectivity index (χ1) is 9.83. The third kappa shape index (κ3) is 3.36. The number of aromatic carboxylic acids is 1. The van der Waals surface area contributed by atoms with E-state index in [2.05, 4.69) is 5.32 Å². The molecule has 0 spiro atoms. The van der Waals surface area contributed by atoms with Gasteiger partial charge in [0.2, 0.25) is 5.91 Å². The highest BCUT2D eigenvalue weighted by Gasteiger charge is 2.35. The number of amides is 1. The van der Waals surface area contributed by atoms with Gasteiger partial charge in [0, 0.05) is 0 Å². The van der Waals surface area contributed by atoms with E-state index < -0.39 is 27.0 Å². The molecule has 21 heavy (non-hydrogen) atoms. The molecule has 1 heterocycles. The van der Waals surface area contributed by atoms with E-state index in [0.717, 1.165) is 0 Å². The van der Waals surface area contributed by atoms with Crippen LogP contribution < -0.4 is 5.32 Å². The molecule has 0 radical (unpaired) electrons. The third-order valence-electron chi connectivity index (χ3n) is 3.36. The summed E-state index contributed by atoms with van der Waals surface area (Å²) >= 11 is 5.90. The van der Waals surface area contributed by atoms with Crippen LogP contribution in [-0.4, -0.2) is 36.4 Å². The van der Waals surface area contributed by atoms with Crippen LogP contribution in [0, 0.1) is 0 Å². The number of rotatable bonds is 3. The summed E-state index contributed by atoms with van der Waals surface area (Å²) in [4.78, 5) is 23.3. The molecular weight excluding hydrogens is 318 g/mol. The minimum Gasteiger partial charge on any atom is -0.478 e.